The molecule has 214 valence electrons. The Morgan fingerprint density at radius 2 is 1.70 bits per heavy atom. The molecule has 1 aromatic heterocycles. The van der Waals surface area contributed by atoms with Gasteiger partial charge < -0.3 is 24.3 Å². The summed E-state index contributed by atoms with van der Waals surface area (Å²) in [5.74, 6) is 0.0455. The fourth-order valence-corrected chi connectivity index (χ4v) is 7.23. The minimum absolute atomic E-state index is 0.0888. The largest absolute Gasteiger partial charge is 0.494 e. The van der Waals surface area contributed by atoms with E-state index in [9.17, 15) is 18.0 Å². The molecule has 0 saturated heterocycles. The van der Waals surface area contributed by atoms with Gasteiger partial charge in [0.05, 0.1) is 43.6 Å². The van der Waals surface area contributed by atoms with Crippen LogP contribution in [0.3, 0.4) is 0 Å². The quantitative estimate of drug-likeness (QED) is 0.303. The van der Waals surface area contributed by atoms with Gasteiger partial charge in [0.2, 0.25) is 5.91 Å². The molecule has 3 aromatic rings. The maximum absolute atomic E-state index is 13.9. The molecule has 1 aliphatic rings. The molecule has 0 atom stereocenters. The van der Waals surface area contributed by atoms with E-state index in [4.69, 9.17) is 18.9 Å². The number of benzene rings is 2. The summed E-state index contributed by atoms with van der Waals surface area (Å²) in [6.45, 7) is 3.66. The van der Waals surface area contributed by atoms with E-state index < -0.39 is 28.4 Å². The molecule has 10 nitrogen and oxygen atoms in total. The van der Waals surface area contributed by atoms with Crippen molar-refractivity contribution in [3.05, 3.63) is 58.5 Å². The lowest BCUT2D eigenvalue weighted by Crippen LogP contribution is -2.38. The first kappa shape index (κ1) is 29.2. The number of methoxy groups -OCH3 is 2. The molecule has 1 N–H and O–H groups in total. The Hall–Kier alpha value is -3.77. The van der Waals surface area contributed by atoms with Gasteiger partial charge in [0.1, 0.15) is 17.3 Å². The van der Waals surface area contributed by atoms with Crippen molar-refractivity contribution >= 4 is 43.9 Å². The summed E-state index contributed by atoms with van der Waals surface area (Å²) in [5, 5.41) is 3.14. The van der Waals surface area contributed by atoms with Gasteiger partial charge in [-0.2, -0.15) is 0 Å². The summed E-state index contributed by atoms with van der Waals surface area (Å²) in [5.41, 5.74) is 1.50. The summed E-state index contributed by atoms with van der Waals surface area (Å²) >= 11 is 1.33. The van der Waals surface area contributed by atoms with Crippen molar-refractivity contribution in [1.82, 2.24) is 0 Å². The first-order valence-electron chi connectivity index (χ1n) is 12.8. The predicted octanol–water partition coefficient (Wildman–Crippen LogP) is 4.66. The average Bonchev–Trinajstić information content (AvgIpc) is 3.53. The molecule has 0 fully saturated rings. The monoisotopic (exact) mass is 588 g/mol. The van der Waals surface area contributed by atoms with Gasteiger partial charge in [0.15, 0.2) is 11.5 Å². The normalized spacial score (nSPS) is 12.4. The fourth-order valence-electron chi connectivity index (χ4n) is 4.50. The van der Waals surface area contributed by atoms with E-state index in [-0.39, 0.29) is 22.9 Å². The number of aryl methyl sites for hydroxylation is 1. The topological polar surface area (TPSA) is 120 Å². The van der Waals surface area contributed by atoms with Crippen molar-refractivity contribution in [2.75, 3.05) is 43.6 Å². The number of carbonyl (C=O) groups excluding carboxylic acids is 2. The van der Waals surface area contributed by atoms with Gasteiger partial charge in [-0.25, -0.2) is 13.2 Å². The first-order chi connectivity index (χ1) is 19.2. The lowest BCUT2D eigenvalue weighted by atomic mass is 10.1. The Bertz CT molecular complexity index is 1480. The number of hydrogen-bond donors (Lipinski definition) is 1. The maximum atomic E-state index is 13.9. The van der Waals surface area contributed by atoms with Gasteiger partial charge >= 0.3 is 5.97 Å². The van der Waals surface area contributed by atoms with Crippen LogP contribution < -0.4 is 23.8 Å². The van der Waals surface area contributed by atoms with Crippen LogP contribution in [0.25, 0.3) is 0 Å². The van der Waals surface area contributed by atoms with E-state index in [1.165, 1.54) is 43.8 Å². The van der Waals surface area contributed by atoms with Gasteiger partial charge in [-0.1, -0.05) is 0 Å². The molecule has 0 saturated carbocycles. The number of anilines is 2. The van der Waals surface area contributed by atoms with Crippen LogP contribution in [-0.2, 0) is 32.4 Å². The number of esters is 1. The Morgan fingerprint density at radius 3 is 2.35 bits per heavy atom. The number of sulfonamides is 1. The highest BCUT2D eigenvalue weighted by molar-refractivity contribution is 7.92. The molecule has 1 heterocycles. The molecule has 4 rings (SSSR count). The second-order valence-electron chi connectivity index (χ2n) is 8.79. The third-order valence-electron chi connectivity index (χ3n) is 6.32. The van der Waals surface area contributed by atoms with Crippen LogP contribution in [0.15, 0.2) is 47.4 Å². The van der Waals surface area contributed by atoms with Crippen molar-refractivity contribution in [3.63, 3.8) is 0 Å². The number of fused-ring (bicyclic) bond motifs is 1. The average molecular weight is 589 g/mol. The number of thiophene rings is 1. The zero-order chi connectivity index (χ0) is 28.9. The Labute approximate surface area is 237 Å². The number of rotatable bonds is 12. The smallest absolute Gasteiger partial charge is 0.341 e. The fraction of sp³-hybridized carbons (Fsp3) is 0.357. The van der Waals surface area contributed by atoms with Crippen LogP contribution in [0.5, 0.6) is 17.2 Å². The molecule has 12 heteroatoms. The standard InChI is InChI=1S/C28H32N2O8S2/c1-5-37-19-12-10-18(11-13-19)30(40(33,34)20-14-15-22(35-3)23(16-20)36-4)17-25(31)29-27-26(28(32)38-6-2)21-8-7-9-24(21)39-27/h10-16H,5-9,17H2,1-4H3,(H,29,31). The summed E-state index contributed by atoms with van der Waals surface area (Å²) in [6, 6.07) is 10.6. The summed E-state index contributed by atoms with van der Waals surface area (Å²) in [7, 11) is -1.39. The van der Waals surface area contributed by atoms with E-state index >= 15 is 0 Å². The van der Waals surface area contributed by atoms with Crippen LogP contribution >= 0.6 is 11.3 Å². The molecule has 1 aliphatic carbocycles. The molecular weight excluding hydrogens is 556 g/mol. The van der Waals surface area contributed by atoms with Crippen LogP contribution in [0.1, 0.15) is 41.1 Å². The van der Waals surface area contributed by atoms with Crippen molar-refractivity contribution in [1.29, 1.82) is 0 Å². The van der Waals surface area contributed by atoms with Gasteiger partial charge in [-0.3, -0.25) is 9.10 Å². The minimum Gasteiger partial charge on any atom is -0.494 e. The van der Waals surface area contributed by atoms with Crippen molar-refractivity contribution in [3.8, 4) is 17.2 Å². The highest BCUT2D eigenvalue weighted by atomic mass is 32.2. The number of amides is 1. The minimum atomic E-state index is -4.25. The number of carbonyl (C=O) groups is 2. The van der Waals surface area contributed by atoms with Crippen LogP contribution in [-0.4, -0.2) is 54.3 Å². The SMILES string of the molecule is CCOC(=O)c1c(NC(=O)CN(c2ccc(OCC)cc2)S(=O)(=O)c2ccc(OC)c(OC)c2)sc2c1CCC2. The summed E-state index contributed by atoms with van der Waals surface area (Å²) in [6.07, 6.45) is 2.47. The maximum Gasteiger partial charge on any atom is 0.341 e. The zero-order valence-electron chi connectivity index (χ0n) is 22.8. The Balaban J connectivity index is 1.69. The van der Waals surface area contributed by atoms with Crippen molar-refractivity contribution in [2.45, 2.75) is 38.0 Å². The molecule has 0 unspecified atom stereocenters. The van der Waals surface area contributed by atoms with Gasteiger partial charge in [-0.15, -0.1) is 11.3 Å². The third-order valence-corrected chi connectivity index (χ3v) is 9.30. The van der Waals surface area contributed by atoms with Gasteiger partial charge in [-0.05, 0) is 75.1 Å². The van der Waals surface area contributed by atoms with Crippen LogP contribution in [0.4, 0.5) is 10.7 Å². The molecular formula is C28H32N2O8S2. The van der Waals surface area contributed by atoms with E-state index in [1.807, 2.05) is 6.92 Å². The molecule has 40 heavy (non-hydrogen) atoms. The Kier molecular flexibility index (Phi) is 9.21. The summed E-state index contributed by atoms with van der Waals surface area (Å²) in [4.78, 5) is 27.1. The first-order valence-corrected chi connectivity index (χ1v) is 15.1. The molecule has 0 spiro atoms. The number of hydrogen-bond acceptors (Lipinski definition) is 9. The predicted molar refractivity (Wildman–Crippen MR) is 153 cm³/mol. The van der Waals surface area contributed by atoms with E-state index in [2.05, 4.69) is 5.32 Å². The highest BCUT2D eigenvalue weighted by Gasteiger charge is 2.31. The molecule has 0 radical (unpaired) electrons. The van der Waals surface area contributed by atoms with E-state index in [0.29, 0.717) is 28.7 Å². The van der Waals surface area contributed by atoms with E-state index in [0.717, 1.165) is 34.0 Å². The molecule has 0 aliphatic heterocycles. The number of nitrogens with one attached hydrogen (secondary N) is 1. The second-order valence-corrected chi connectivity index (χ2v) is 11.8. The highest BCUT2D eigenvalue weighted by Crippen LogP contribution is 2.40. The van der Waals surface area contributed by atoms with Gasteiger partial charge in [0, 0.05) is 10.9 Å². The zero-order valence-corrected chi connectivity index (χ0v) is 24.4. The lowest BCUT2D eigenvalue weighted by Gasteiger charge is -2.24. The number of ether oxygens (including phenoxy) is 4. The Morgan fingerprint density at radius 1 is 0.975 bits per heavy atom. The van der Waals surface area contributed by atoms with Crippen LogP contribution in [0.2, 0.25) is 0 Å². The molecule has 0 bridgehead atoms. The summed E-state index contributed by atoms with van der Waals surface area (Å²) < 4.78 is 50.1. The second kappa shape index (κ2) is 12.6. The molecule has 1 amide bonds. The van der Waals surface area contributed by atoms with E-state index in [1.54, 1.807) is 31.2 Å². The van der Waals surface area contributed by atoms with Crippen molar-refractivity contribution < 1.29 is 37.0 Å². The lowest BCUT2D eigenvalue weighted by molar-refractivity contribution is -0.114. The third kappa shape index (κ3) is 6.02. The number of nitrogens with zero attached hydrogens (tertiary/aromatic N) is 1. The molecule has 2 aromatic carbocycles. The van der Waals surface area contributed by atoms with Crippen molar-refractivity contribution in [2.24, 2.45) is 0 Å². The van der Waals surface area contributed by atoms with Gasteiger partial charge in [0.25, 0.3) is 10.0 Å². The van der Waals surface area contributed by atoms with Crippen LogP contribution in [0, 0.1) is 0 Å².